The van der Waals surface area contributed by atoms with Crippen molar-refractivity contribution in [3.63, 3.8) is 0 Å². The molecule has 0 spiro atoms. The molecule has 1 amide bonds. The lowest BCUT2D eigenvalue weighted by Gasteiger charge is -2.15. The van der Waals surface area contributed by atoms with Crippen molar-refractivity contribution >= 4 is 27.5 Å². The van der Waals surface area contributed by atoms with Crippen LogP contribution in [0.5, 0.6) is 5.75 Å². The summed E-state index contributed by atoms with van der Waals surface area (Å²) in [4.78, 5) is 11.4. The normalized spacial score (nSPS) is 19.8. The topological polar surface area (TPSA) is 64.3 Å². The largest absolute Gasteiger partial charge is 0.489 e. The Hall–Kier alpha value is -1.07. The van der Waals surface area contributed by atoms with E-state index in [-0.39, 0.29) is 12.0 Å². The summed E-state index contributed by atoms with van der Waals surface area (Å²) < 4.78 is 6.57. The van der Waals surface area contributed by atoms with Crippen LogP contribution in [0.15, 0.2) is 16.6 Å². The van der Waals surface area contributed by atoms with Crippen molar-refractivity contribution in [1.82, 2.24) is 0 Å². The number of carbonyl (C=O) groups excluding carboxylic acids is 1. The Morgan fingerprint density at radius 2 is 2.29 bits per heavy atom. The fourth-order valence-corrected chi connectivity index (χ4v) is 2.13. The first-order valence-corrected chi connectivity index (χ1v) is 6.38. The number of anilines is 1. The zero-order valence-corrected chi connectivity index (χ0v) is 11.4. The molecular weight excluding hydrogens is 284 g/mol. The van der Waals surface area contributed by atoms with Crippen LogP contribution in [0.3, 0.4) is 0 Å². The van der Waals surface area contributed by atoms with Gasteiger partial charge in [0.1, 0.15) is 11.8 Å². The Kier molecular flexibility index (Phi) is 3.40. The molecule has 1 heterocycles. The van der Waals surface area contributed by atoms with E-state index in [1.807, 2.05) is 19.1 Å². The summed E-state index contributed by atoms with van der Waals surface area (Å²) in [5.41, 5.74) is 7.31. The van der Waals surface area contributed by atoms with E-state index >= 15 is 0 Å². The van der Waals surface area contributed by atoms with Crippen LogP contribution in [0, 0.1) is 0 Å². The molecule has 0 aliphatic carbocycles. The molecule has 0 aromatic heterocycles. The fraction of sp³-hybridized carbons (Fsp3) is 0.417. The van der Waals surface area contributed by atoms with Crippen molar-refractivity contribution in [2.75, 3.05) is 5.32 Å². The van der Waals surface area contributed by atoms with Crippen molar-refractivity contribution in [1.29, 1.82) is 0 Å². The maximum atomic E-state index is 11.4. The lowest BCUT2D eigenvalue weighted by Crippen LogP contribution is -2.19. The number of hydrogen-bond donors (Lipinski definition) is 2. The lowest BCUT2D eigenvalue weighted by atomic mass is 10.1. The Morgan fingerprint density at radius 3 is 2.94 bits per heavy atom. The Balaban J connectivity index is 2.33. The SMILES string of the molecule is CCC(C)Oc1cc2c(cc1Br)C(N)C(=O)N2. The monoisotopic (exact) mass is 298 g/mol. The Morgan fingerprint density at radius 1 is 1.59 bits per heavy atom. The van der Waals surface area contributed by atoms with Crippen molar-refractivity contribution < 1.29 is 9.53 Å². The molecule has 5 heteroatoms. The quantitative estimate of drug-likeness (QED) is 0.901. The first-order chi connectivity index (χ1) is 8.02. The van der Waals surface area contributed by atoms with Crippen LogP contribution in [0.1, 0.15) is 31.9 Å². The Bertz CT molecular complexity index is 462. The number of fused-ring (bicyclic) bond motifs is 1. The van der Waals surface area contributed by atoms with Crippen molar-refractivity contribution in [2.45, 2.75) is 32.4 Å². The molecule has 17 heavy (non-hydrogen) atoms. The maximum Gasteiger partial charge on any atom is 0.245 e. The third-order valence-electron chi connectivity index (χ3n) is 2.88. The molecule has 2 unspecified atom stereocenters. The molecule has 0 radical (unpaired) electrons. The van der Waals surface area contributed by atoms with Crippen LogP contribution < -0.4 is 15.8 Å². The van der Waals surface area contributed by atoms with Crippen LogP contribution in [0.2, 0.25) is 0 Å². The standard InChI is InChI=1S/C12H15BrN2O2/c1-3-6(2)17-10-5-9-7(4-8(10)13)11(14)12(16)15-9/h4-6,11H,3,14H2,1-2H3,(H,15,16). The highest BCUT2D eigenvalue weighted by Crippen LogP contribution is 2.38. The van der Waals surface area contributed by atoms with Crippen LogP contribution in [0.25, 0.3) is 0 Å². The first kappa shape index (κ1) is 12.4. The van der Waals surface area contributed by atoms with Gasteiger partial charge in [-0.3, -0.25) is 4.79 Å². The molecule has 1 aromatic rings. The van der Waals surface area contributed by atoms with Crippen LogP contribution in [-0.4, -0.2) is 12.0 Å². The van der Waals surface area contributed by atoms with Crippen LogP contribution in [0.4, 0.5) is 5.69 Å². The molecule has 1 aliphatic heterocycles. The minimum atomic E-state index is -0.584. The number of carbonyl (C=O) groups is 1. The summed E-state index contributed by atoms with van der Waals surface area (Å²) in [5, 5.41) is 2.74. The molecule has 0 saturated heterocycles. The summed E-state index contributed by atoms with van der Waals surface area (Å²) in [6.45, 7) is 4.06. The molecule has 92 valence electrons. The second kappa shape index (κ2) is 4.66. The summed E-state index contributed by atoms with van der Waals surface area (Å²) in [6.07, 6.45) is 1.06. The molecular formula is C12H15BrN2O2. The van der Waals surface area contributed by atoms with E-state index in [4.69, 9.17) is 10.5 Å². The van der Waals surface area contributed by atoms with Gasteiger partial charge in [-0.05, 0) is 35.3 Å². The minimum Gasteiger partial charge on any atom is -0.489 e. The van der Waals surface area contributed by atoms with E-state index in [9.17, 15) is 4.79 Å². The van der Waals surface area contributed by atoms with Gasteiger partial charge in [-0.2, -0.15) is 0 Å². The number of nitrogens with two attached hydrogens (primary N) is 1. The first-order valence-electron chi connectivity index (χ1n) is 5.59. The number of ether oxygens (including phenoxy) is 1. The van der Waals surface area contributed by atoms with Gasteiger partial charge in [0.2, 0.25) is 5.91 Å². The highest BCUT2D eigenvalue weighted by molar-refractivity contribution is 9.10. The molecule has 2 rings (SSSR count). The molecule has 1 aliphatic rings. The number of benzene rings is 1. The van der Waals surface area contributed by atoms with Crippen molar-refractivity contribution in [2.24, 2.45) is 5.73 Å². The van der Waals surface area contributed by atoms with Gasteiger partial charge >= 0.3 is 0 Å². The molecule has 0 saturated carbocycles. The van der Waals surface area contributed by atoms with E-state index in [1.54, 1.807) is 0 Å². The van der Waals surface area contributed by atoms with E-state index in [1.165, 1.54) is 0 Å². The number of hydrogen-bond acceptors (Lipinski definition) is 3. The predicted octanol–water partition coefficient (Wildman–Crippen LogP) is 2.58. The van der Waals surface area contributed by atoms with Crippen molar-refractivity contribution in [3.05, 3.63) is 22.2 Å². The number of halogens is 1. The molecule has 0 fully saturated rings. The predicted molar refractivity (Wildman–Crippen MR) is 70.1 cm³/mol. The summed E-state index contributed by atoms with van der Waals surface area (Å²) >= 11 is 3.44. The zero-order valence-electron chi connectivity index (χ0n) is 9.79. The third-order valence-corrected chi connectivity index (χ3v) is 3.50. The zero-order chi connectivity index (χ0) is 12.6. The van der Waals surface area contributed by atoms with Gasteiger partial charge in [0.25, 0.3) is 0 Å². The molecule has 4 nitrogen and oxygen atoms in total. The van der Waals surface area contributed by atoms with Gasteiger partial charge in [-0.1, -0.05) is 6.92 Å². The molecule has 3 N–H and O–H groups in total. The lowest BCUT2D eigenvalue weighted by molar-refractivity contribution is -0.116. The van der Waals surface area contributed by atoms with Gasteiger partial charge < -0.3 is 15.8 Å². The Labute approximate surface area is 109 Å². The highest BCUT2D eigenvalue weighted by Gasteiger charge is 2.28. The average molecular weight is 299 g/mol. The smallest absolute Gasteiger partial charge is 0.245 e. The van der Waals surface area contributed by atoms with Gasteiger partial charge in [-0.25, -0.2) is 0 Å². The summed E-state index contributed by atoms with van der Waals surface area (Å²) in [5.74, 6) is 0.556. The number of amides is 1. The van der Waals surface area contributed by atoms with Gasteiger partial charge in [0, 0.05) is 17.3 Å². The van der Waals surface area contributed by atoms with Crippen LogP contribution in [-0.2, 0) is 4.79 Å². The van der Waals surface area contributed by atoms with E-state index in [2.05, 4.69) is 28.2 Å². The second-order valence-corrected chi connectivity index (χ2v) is 5.03. The average Bonchev–Trinajstić information content (AvgIpc) is 2.56. The summed E-state index contributed by atoms with van der Waals surface area (Å²) in [7, 11) is 0. The van der Waals surface area contributed by atoms with Gasteiger partial charge in [0.05, 0.1) is 10.6 Å². The molecule has 1 aromatic carbocycles. The third kappa shape index (κ3) is 2.30. The van der Waals surface area contributed by atoms with E-state index < -0.39 is 6.04 Å². The van der Waals surface area contributed by atoms with E-state index in [0.717, 1.165) is 27.9 Å². The number of rotatable bonds is 3. The van der Waals surface area contributed by atoms with Gasteiger partial charge in [0.15, 0.2) is 0 Å². The second-order valence-electron chi connectivity index (χ2n) is 4.17. The van der Waals surface area contributed by atoms with Crippen molar-refractivity contribution in [3.8, 4) is 5.75 Å². The summed E-state index contributed by atoms with van der Waals surface area (Å²) in [6, 6.07) is 3.07. The highest BCUT2D eigenvalue weighted by atomic mass is 79.9. The fourth-order valence-electron chi connectivity index (χ4n) is 1.68. The molecule has 0 bridgehead atoms. The van der Waals surface area contributed by atoms with E-state index in [0.29, 0.717) is 0 Å². The van der Waals surface area contributed by atoms with Crippen LogP contribution >= 0.6 is 15.9 Å². The minimum absolute atomic E-state index is 0.134. The maximum absolute atomic E-state index is 11.4. The molecule has 2 atom stereocenters. The van der Waals surface area contributed by atoms with Gasteiger partial charge in [-0.15, -0.1) is 0 Å². The number of nitrogens with one attached hydrogen (secondary N) is 1.